The summed E-state index contributed by atoms with van der Waals surface area (Å²) in [5, 5.41) is 0.355. The molecule has 0 fully saturated rings. The molecule has 1 aromatic carbocycles. The molecule has 4 nitrogen and oxygen atoms in total. The highest BCUT2D eigenvalue weighted by atomic mass is 32.9. The smallest absolute Gasteiger partial charge is 0.299 e. The second kappa shape index (κ2) is 11.3. The molecule has 2 rings (SSSR count). The van der Waals surface area contributed by atoms with Gasteiger partial charge in [0, 0.05) is 22.9 Å². The van der Waals surface area contributed by atoms with Crippen LogP contribution in [0.3, 0.4) is 0 Å². The van der Waals surface area contributed by atoms with Crippen molar-refractivity contribution in [2.75, 3.05) is 6.61 Å². The molecule has 28 heavy (non-hydrogen) atoms. The van der Waals surface area contributed by atoms with Crippen LogP contribution in [0.5, 0.6) is 5.88 Å². The molecule has 0 saturated heterocycles. The number of rotatable bonds is 11. The molecule has 0 saturated carbocycles. The zero-order chi connectivity index (χ0) is 20.6. The van der Waals surface area contributed by atoms with Gasteiger partial charge in [-0.15, -0.1) is 0 Å². The number of hydrogen-bond acceptors (Lipinski definition) is 6. The van der Waals surface area contributed by atoms with Crippen LogP contribution in [0.2, 0.25) is 0 Å². The van der Waals surface area contributed by atoms with E-state index in [4.69, 9.17) is 20.9 Å². The molecular weight excluding hydrogens is 407 g/mol. The first kappa shape index (κ1) is 23.3. The van der Waals surface area contributed by atoms with Crippen molar-refractivity contribution >= 4 is 28.9 Å². The van der Waals surface area contributed by atoms with E-state index in [1.54, 1.807) is 11.4 Å². The third-order valence-electron chi connectivity index (χ3n) is 4.08. The molecule has 0 radical (unpaired) electrons. The predicted molar refractivity (Wildman–Crippen MR) is 124 cm³/mol. The first-order chi connectivity index (χ1) is 13.3. The number of nitrogens with zero attached hydrogens (tertiary/aromatic N) is 2. The highest BCUT2D eigenvalue weighted by Gasteiger charge is 2.26. The largest absolute Gasteiger partial charge is 0.418 e. The fraction of sp³-hybridized carbons (Fsp3) is 0.524. The van der Waals surface area contributed by atoms with Crippen LogP contribution in [0, 0.1) is 6.92 Å². The van der Waals surface area contributed by atoms with Gasteiger partial charge in [-0.25, -0.2) is 4.98 Å². The Hall–Kier alpha value is -0.940. The fourth-order valence-electron chi connectivity index (χ4n) is 2.73. The molecule has 1 heterocycles. The van der Waals surface area contributed by atoms with E-state index < -0.39 is 5.69 Å². The Labute approximate surface area is 178 Å². The van der Waals surface area contributed by atoms with Crippen molar-refractivity contribution in [3.63, 3.8) is 0 Å². The highest BCUT2D eigenvalue weighted by molar-refractivity contribution is 8.68. The zero-order valence-corrected chi connectivity index (χ0v) is 19.9. The highest BCUT2D eigenvalue weighted by Crippen LogP contribution is 2.62. The minimum absolute atomic E-state index is 0.233. The monoisotopic (exact) mass is 438 g/mol. The quantitative estimate of drug-likeness (QED) is 0.364. The molecule has 0 aliphatic rings. The van der Waals surface area contributed by atoms with Gasteiger partial charge in [-0.1, -0.05) is 62.5 Å². The lowest BCUT2D eigenvalue weighted by Crippen LogP contribution is -2.05. The van der Waals surface area contributed by atoms with Gasteiger partial charge >= 0.3 is 0 Å². The summed E-state index contributed by atoms with van der Waals surface area (Å²) in [4.78, 5) is 9.02. The van der Waals surface area contributed by atoms with Crippen LogP contribution in [-0.4, -0.2) is 21.8 Å². The Morgan fingerprint density at radius 2 is 1.86 bits per heavy atom. The van der Waals surface area contributed by atoms with Crippen LogP contribution in [0.1, 0.15) is 63.5 Å². The van der Waals surface area contributed by atoms with Gasteiger partial charge in [0.05, 0.1) is 6.61 Å². The first-order valence-corrected chi connectivity index (χ1v) is 14.0. The van der Waals surface area contributed by atoms with E-state index in [-0.39, 0.29) is 5.92 Å². The second-order valence-electron chi connectivity index (χ2n) is 7.11. The molecule has 7 heteroatoms. The Bertz CT molecular complexity index is 787. The third-order valence-corrected chi connectivity index (χ3v) is 9.63. The van der Waals surface area contributed by atoms with Gasteiger partial charge in [0.2, 0.25) is 5.88 Å². The van der Waals surface area contributed by atoms with E-state index in [1.807, 2.05) is 19.9 Å². The van der Waals surface area contributed by atoms with E-state index in [1.165, 1.54) is 5.56 Å². The van der Waals surface area contributed by atoms with Crippen LogP contribution >= 0.6 is 17.1 Å². The van der Waals surface area contributed by atoms with Gasteiger partial charge in [0.1, 0.15) is 5.82 Å². The molecule has 2 aromatic rings. The summed E-state index contributed by atoms with van der Waals surface area (Å²) in [6.45, 7) is 10.8. The van der Waals surface area contributed by atoms with Crippen molar-refractivity contribution in [2.45, 2.75) is 65.0 Å². The Morgan fingerprint density at radius 3 is 2.50 bits per heavy atom. The molecule has 0 spiro atoms. The lowest BCUT2D eigenvalue weighted by atomic mass is 10.1. The Morgan fingerprint density at radius 1 is 1.14 bits per heavy atom. The van der Waals surface area contributed by atoms with E-state index in [2.05, 4.69) is 61.1 Å². The normalized spacial score (nSPS) is 14.6. The van der Waals surface area contributed by atoms with E-state index in [0.717, 1.165) is 30.8 Å². The molecule has 2 atom stereocenters. The maximum atomic E-state index is 6.16. The summed E-state index contributed by atoms with van der Waals surface area (Å²) in [7, 11) is 0. The standard InChI is InChI=1S/C21H31N2O2PS2/c1-6-24-26(27,25-20-15-17(4)22-21(23-20)16(2)3)28-18(5)11-10-14-19-12-8-7-9-13-19/h7-9,12-13,15-16,18H,6,10-11,14H2,1-5H3. The van der Waals surface area contributed by atoms with Gasteiger partial charge in [-0.3, -0.25) is 0 Å². The predicted octanol–water partition coefficient (Wildman–Crippen LogP) is 6.69. The Balaban J connectivity index is 1.99. The minimum Gasteiger partial charge on any atom is -0.418 e. The van der Waals surface area contributed by atoms with Crippen molar-refractivity contribution in [2.24, 2.45) is 0 Å². The van der Waals surface area contributed by atoms with Crippen LogP contribution < -0.4 is 4.52 Å². The van der Waals surface area contributed by atoms with Crippen LogP contribution in [0.15, 0.2) is 36.4 Å². The molecule has 2 unspecified atom stereocenters. The summed E-state index contributed by atoms with van der Waals surface area (Å²) < 4.78 is 12.1. The molecule has 0 aliphatic carbocycles. The summed E-state index contributed by atoms with van der Waals surface area (Å²) in [5.41, 5.74) is -0.265. The molecule has 154 valence electrons. The maximum Gasteiger partial charge on any atom is 0.299 e. The van der Waals surface area contributed by atoms with E-state index in [0.29, 0.717) is 17.7 Å². The second-order valence-corrected chi connectivity index (χ2v) is 13.7. The van der Waals surface area contributed by atoms with Crippen LogP contribution in [0.4, 0.5) is 0 Å². The average Bonchev–Trinajstić information content (AvgIpc) is 2.61. The molecule has 0 N–H and O–H groups in total. The summed E-state index contributed by atoms with van der Waals surface area (Å²) in [5.74, 6) is 1.53. The Kier molecular flexibility index (Phi) is 9.42. The molecule has 0 amide bonds. The van der Waals surface area contributed by atoms with Crippen molar-refractivity contribution < 1.29 is 9.05 Å². The zero-order valence-electron chi connectivity index (χ0n) is 17.4. The van der Waals surface area contributed by atoms with Crippen molar-refractivity contribution in [3.8, 4) is 5.88 Å². The van der Waals surface area contributed by atoms with Gasteiger partial charge < -0.3 is 9.05 Å². The molecule has 0 aliphatic heterocycles. The number of aromatic nitrogens is 2. The van der Waals surface area contributed by atoms with Crippen molar-refractivity contribution in [3.05, 3.63) is 53.5 Å². The summed E-state index contributed by atoms with van der Waals surface area (Å²) in [6, 6.07) is 12.4. The molecular formula is C21H31N2O2PS2. The number of benzene rings is 1. The third kappa shape index (κ3) is 7.82. The van der Waals surface area contributed by atoms with Crippen LogP contribution in [0.25, 0.3) is 0 Å². The fourth-order valence-corrected chi connectivity index (χ4v) is 8.60. The van der Waals surface area contributed by atoms with Gasteiger partial charge in [0.15, 0.2) is 0 Å². The minimum atomic E-state index is -2.52. The van der Waals surface area contributed by atoms with Crippen LogP contribution in [-0.2, 0) is 22.8 Å². The number of aryl methyl sites for hydroxylation is 2. The lowest BCUT2D eigenvalue weighted by Gasteiger charge is -2.24. The van der Waals surface area contributed by atoms with Crippen molar-refractivity contribution in [1.29, 1.82) is 0 Å². The molecule has 0 bridgehead atoms. The topological polar surface area (TPSA) is 44.2 Å². The average molecular weight is 439 g/mol. The molecule has 1 aromatic heterocycles. The summed E-state index contributed by atoms with van der Waals surface area (Å²) >= 11 is 7.47. The van der Waals surface area contributed by atoms with E-state index >= 15 is 0 Å². The summed E-state index contributed by atoms with van der Waals surface area (Å²) in [6.07, 6.45) is 3.26. The van der Waals surface area contributed by atoms with Gasteiger partial charge in [0.25, 0.3) is 5.69 Å². The lowest BCUT2D eigenvalue weighted by molar-refractivity contribution is 0.341. The van der Waals surface area contributed by atoms with Crippen molar-refractivity contribution in [1.82, 2.24) is 9.97 Å². The van der Waals surface area contributed by atoms with Gasteiger partial charge in [-0.2, -0.15) is 4.98 Å². The SMILES string of the molecule is CCOP(=S)(Oc1cc(C)nc(C(C)C)n1)SC(C)CCCc1ccccc1. The number of hydrogen-bond donors (Lipinski definition) is 0. The first-order valence-electron chi connectivity index (χ1n) is 9.83. The van der Waals surface area contributed by atoms with Gasteiger partial charge in [-0.05, 0) is 50.5 Å². The van der Waals surface area contributed by atoms with E-state index in [9.17, 15) is 0 Å². The maximum absolute atomic E-state index is 6.16.